The zero-order valence-electron chi connectivity index (χ0n) is 23.5. The maximum absolute atomic E-state index is 13.3. The van der Waals surface area contributed by atoms with Crippen LogP contribution in [0.15, 0.2) is 67.3 Å². The minimum absolute atomic E-state index is 0.117. The smallest absolute Gasteiger partial charge is 0.308 e. The number of carbonyl (C=O) groups is 3. The summed E-state index contributed by atoms with van der Waals surface area (Å²) in [6, 6.07) is 14.1. The molecular weight excluding hydrogens is 508 g/mol. The van der Waals surface area contributed by atoms with Crippen LogP contribution in [0.25, 0.3) is 6.08 Å². The van der Waals surface area contributed by atoms with Gasteiger partial charge in [-0.3, -0.25) is 19.3 Å². The molecule has 0 aromatic heterocycles. The minimum atomic E-state index is -0.827. The van der Waals surface area contributed by atoms with E-state index >= 15 is 0 Å². The van der Waals surface area contributed by atoms with E-state index in [1.54, 1.807) is 42.3 Å². The van der Waals surface area contributed by atoms with Crippen molar-refractivity contribution in [1.82, 2.24) is 9.80 Å². The molecule has 40 heavy (non-hydrogen) atoms. The summed E-state index contributed by atoms with van der Waals surface area (Å²) in [6.45, 7) is 8.67. The first kappa shape index (κ1) is 29.1. The highest BCUT2D eigenvalue weighted by molar-refractivity contribution is 5.91. The molecule has 2 aromatic carbocycles. The molecule has 1 N–H and O–H groups in total. The van der Waals surface area contributed by atoms with Crippen molar-refractivity contribution in [3.8, 4) is 11.5 Å². The second-order valence-corrected chi connectivity index (χ2v) is 10.8. The summed E-state index contributed by atoms with van der Waals surface area (Å²) in [5.74, 6) is -0.339. The Morgan fingerprint density at radius 1 is 1.12 bits per heavy atom. The van der Waals surface area contributed by atoms with Crippen molar-refractivity contribution < 1.29 is 29.0 Å². The quantitative estimate of drug-likeness (QED) is 0.226. The monoisotopic (exact) mass is 546 g/mol. The van der Waals surface area contributed by atoms with Gasteiger partial charge in [0.1, 0.15) is 17.1 Å². The van der Waals surface area contributed by atoms with Crippen molar-refractivity contribution in [1.29, 1.82) is 0 Å². The number of rotatable bonds is 8. The fourth-order valence-electron chi connectivity index (χ4n) is 6.45. The lowest BCUT2D eigenvalue weighted by atomic mass is 9.55. The fraction of sp³-hybridized carbons (Fsp3) is 0.406. The van der Waals surface area contributed by atoms with E-state index in [1.165, 1.54) is 19.9 Å². The third-order valence-corrected chi connectivity index (χ3v) is 8.23. The molecule has 1 aliphatic heterocycles. The van der Waals surface area contributed by atoms with E-state index in [-0.39, 0.29) is 23.7 Å². The Morgan fingerprint density at radius 2 is 1.90 bits per heavy atom. The third-order valence-electron chi connectivity index (χ3n) is 8.23. The summed E-state index contributed by atoms with van der Waals surface area (Å²) in [5.41, 5.74) is 0.213. The molecule has 4 rings (SSSR count). The second-order valence-electron chi connectivity index (χ2n) is 10.8. The number of nitrogens with zero attached hydrogens (tertiary/aromatic N) is 2. The van der Waals surface area contributed by atoms with E-state index in [4.69, 9.17) is 9.47 Å². The van der Waals surface area contributed by atoms with Crippen LogP contribution < -0.4 is 4.74 Å². The molecule has 8 nitrogen and oxygen atoms in total. The molecule has 8 heteroatoms. The van der Waals surface area contributed by atoms with Gasteiger partial charge in [-0.05, 0) is 73.7 Å². The van der Waals surface area contributed by atoms with Crippen molar-refractivity contribution >= 4 is 23.9 Å². The topological polar surface area (TPSA) is 96.4 Å². The number of likely N-dealkylation sites (tertiary alicyclic amines) is 1. The minimum Gasteiger partial charge on any atom is -0.508 e. The lowest BCUT2D eigenvalue weighted by molar-refractivity contribution is -0.189. The van der Waals surface area contributed by atoms with E-state index in [0.29, 0.717) is 44.5 Å². The van der Waals surface area contributed by atoms with E-state index in [2.05, 4.69) is 11.5 Å². The molecule has 1 amide bonds. The molecule has 2 fully saturated rings. The number of phenols is 1. The summed E-state index contributed by atoms with van der Waals surface area (Å²) in [7, 11) is 1.80. The van der Waals surface area contributed by atoms with Crippen LogP contribution in [-0.2, 0) is 24.5 Å². The number of hydrogen-bond donors (Lipinski definition) is 1. The summed E-state index contributed by atoms with van der Waals surface area (Å²) in [4.78, 5) is 41.6. The highest BCUT2D eigenvalue weighted by Gasteiger charge is 2.61. The second kappa shape index (κ2) is 12.1. The van der Waals surface area contributed by atoms with Crippen molar-refractivity contribution in [3.05, 3.63) is 78.4 Å². The standard InChI is InChI=1S/C32H38N2O6/c1-5-17-34-18-16-31(26-9-7-11-29(20-26)39-23(2)35)21-27(14-15-32(31,22-34)40-24(3)36)33(4)30(38)13-12-25-8-6-10-28(37)19-25/h5-13,19-20,27,37H,1,14-18,21-22H2,2-4H3/t27-,31+,32+/m1/s1. The first-order valence-electron chi connectivity index (χ1n) is 13.6. The first-order valence-corrected chi connectivity index (χ1v) is 13.6. The summed E-state index contributed by atoms with van der Waals surface area (Å²) in [6.07, 6.45) is 7.55. The fourth-order valence-corrected chi connectivity index (χ4v) is 6.45. The van der Waals surface area contributed by atoms with Gasteiger partial charge in [0.2, 0.25) is 5.91 Å². The number of piperidine rings is 1. The molecule has 1 aliphatic carbocycles. The van der Waals surface area contributed by atoms with Crippen LogP contribution in [0.5, 0.6) is 11.5 Å². The van der Waals surface area contributed by atoms with Gasteiger partial charge in [0.15, 0.2) is 0 Å². The normalized spacial score (nSPS) is 24.6. The molecule has 0 radical (unpaired) electrons. The molecule has 0 spiro atoms. The highest BCUT2D eigenvalue weighted by Crippen LogP contribution is 2.54. The predicted molar refractivity (Wildman–Crippen MR) is 153 cm³/mol. The van der Waals surface area contributed by atoms with Gasteiger partial charge in [0.05, 0.1) is 0 Å². The molecule has 2 aromatic rings. The number of amides is 1. The van der Waals surface area contributed by atoms with Gasteiger partial charge in [-0.15, -0.1) is 6.58 Å². The number of benzene rings is 2. The Morgan fingerprint density at radius 3 is 2.60 bits per heavy atom. The molecule has 1 saturated heterocycles. The Hall–Kier alpha value is -3.91. The van der Waals surface area contributed by atoms with Crippen LogP contribution in [-0.4, -0.2) is 71.1 Å². The lowest BCUT2D eigenvalue weighted by Gasteiger charge is -2.60. The van der Waals surface area contributed by atoms with Crippen LogP contribution in [0, 0.1) is 0 Å². The largest absolute Gasteiger partial charge is 0.508 e. The number of esters is 2. The van der Waals surface area contributed by atoms with Crippen molar-refractivity contribution in [2.24, 2.45) is 0 Å². The van der Waals surface area contributed by atoms with Gasteiger partial charge in [-0.1, -0.05) is 30.3 Å². The van der Waals surface area contributed by atoms with Gasteiger partial charge < -0.3 is 19.5 Å². The maximum atomic E-state index is 13.3. The molecule has 212 valence electrons. The van der Waals surface area contributed by atoms with Crippen molar-refractivity contribution in [3.63, 3.8) is 0 Å². The van der Waals surface area contributed by atoms with Crippen molar-refractivity contribution in [2.75, 3.05) is 26.7 Å². The van der Waals surface area contributed by atoms with Crippen LogP contribution in [0.3, 0.4) is 0 Å². The molecule has 1 saturated carbocycles. The SMILES string of the molecule is C=CCN1CC[C@@]2(c3cccc(OC(C)=O)c3)C[C@H](N(C)C(=O)C=Cc3cccc(O)c3)CC[C@]2(OC(C)=O)C1. The molecular formula is C32H38N2O6. The third kappa shape index (κ3) is 6.12. The van der Waals surface area contributed by atoms with E-state index < -0.39 is 17.0 Å². The molecule has 0 bridgehead atoms. The van der Waals surface area contributed by atoms with Gasteiger partial charge in [-0.2, -0.15) is 0 Å². The number of aromatic hydroxyl groups is 1. The number of fused-ring (bicyclic) bond motifs is 1. The van der Waals surface area contributed by atoms with Crippen LogP contribution >= 0.6 is 0 Å². The Kier molecular flexibility index (Phi) is 8.79. The van der Waals surface area contributed by atoms with Crippen molar-refractivity contribution in [2.45, 2.75) is 56.6 Å². The number of carbonyl (C=O) groups excluding carboxylic acids is 3. The predicted octanol–water partition coefficient (Wildman–Crippen LogP) is 4.47. The van der Waals surface area contributed by atoms with E-state index in [0.717, 1.165) is 17.7 Å². The van der Waals surface area contributed by atoms with Gasteiger partial charge in [-0.25, -0.2) is 0 Å². The van der Waals surface area contributed by atoms with Crippen LogP contribution in [0.2, 0.25) is 0 Å². The van der Waals surface area contributed by atoms with Gasteiger partial charge in [0, 0.05) is 51.5 Å². The number of likely N-dealkylation sites (N-methyl/N-ethyl adjacent to an activating group) is 1. The van der Waals surface area contributed by atoms with Crippen LogP contribution in [0.1, 0.15) is 50.7 Å². The lowest BCUT2D eigenvalue weighted by Crippen LogP contribution is -2.68. The summed E-state index contributed by atoms with van der Waals surface area (Å²) >= 11 is 0. The van der Waals surface area contributed by atoms with Gasteiger partial charge in [0.25, 0.3) is 0 Å². The zero-order valence-corrected chi connectivity index (χ0v) is 23.5. The number of phenolic OH excluding ortho intramolecular Hbond substituents is 1. The average Bonchev–Trinajstić information content (AvgIpc) is 2.90. The highest BCUT2D eigenvalue weighted by atomic mass is 16.6. The van der Waals surface area contributed by atoms with Gasteiger partial charge >= 0.3 is 11.9 Å². The maximum Gasteiger partial charge on any atom is 0.308 e. The molecule has 0 unspecified atom stereocenters. The van der Waals surface area contributed by atoms with E-state index in [1.807, 2.05) is 30.3 Å². The molecule has 3 atom stereocenters. The molecule has 2 aliphatic rings. The Labute approximate surface area is 235 Å². The summed E-state index contributed by atoms with van der Waals surface area (Å²) < 4.78 is 11.7. The number of hydrogen-bond acceptors (Lipinski definition) is 7. The van der Waals surface area contributed by atoms with Crippen LogP contribution in [0.4, 0.5) is 0 Å². The Bertz CT molecular complexity index is 1310. The average molecular weight is 547 g/mol. The number of ether oxygens (including phenoxy) is 2. The first-order chi connectivity index (χ1) is 19.1. The van der Waals surface area contributed by atoms with E-state index in [9.17, 15) is 19.5 Å². The molecule has 1 heterocycles. The Balaban J connectivity index is 1.71. The zero-order chi connectivity index (χ0) is 28.9. The summed E-state index contributed by atoms with van der Waals surface area (Å²) in [5, 5.41) is 9.74.